The van der Waals surface area contributed by atoms with Crippen LogP contribution in [0.1, 0.15) is 52.4 Å². The summed E-state index contributed by atoms with van der Waals surface area (Å²) in [6.07, 6.45) is 3.99. The molecule has 5 nitrogen and oxygen atoms in total. The van der Waals surface area contributed by atoms with Gasteiger partial charge in [-0.15, -0.1) is 0 Å². The zero-order chi connectivity index (χ0) is 16.5. The summed E-state index contributed by atoms with van der Waals surface area (Å²) in [6.45, 7) is 12.2. The lowest BCUT2D eigenvalue weighted by molar-refractivity contribution is -0.0897. The number of aromatic nitrogens is 1. The van der Waals surface area contributed by atoms with E-state index in [0.717, 1.165) is 12.1 Å². The van der Waals surface area contributed by atoms with Gasteiger partial charge in [0.2, 0.25) is 5.88 Å². The average Bonchev–Trinajstić information content (AvgIpc) is 3.06. The van der Waals surface area contributed by atoms with Gasteiger partial charge in [-0.05, 0) is 59.7 Å². The van der Waals surface area contributed by atoms with Crippen molar-refractivity contribution in [3.8, 4) is 5.88 Å². The molecule has 2 aliphatic heterocycles. The first-order valence-corrected chi connectivity index (χ1v) is 8.54. The molecule has 0 amide bonds. The summed E-state index contributed by atoms with van der Waals surface area (Å²) in [6, 6.07) is 3.85. The highest BCUT2D eigenvalue weighted by molar-refractivity contribution is 5.23. The molecule has 0 saturated carbocycles. The summed E-state index contributed by atoms with van der Waals surface area (Å²) in [7, 11) is 0. The van der Waals surface area contributed by atoms with Crippen molar-refractivity contribution in [1.82, 2.24) is 9.88 Å². The average molecular weight is 320 g/mol. The first kappa shape index (κ1) is 16.7. The Labute approximate surface area is 138 Å². The van der Waals surface area contributed by atoms with Crippen LogP contribution in [0.5, 0.6) is 5.88 Å². The Kier molecular flexibility index (Phi) is 4.63. The van der Waals surface area contributed by atoms with Crippen LogP contribution in [0.25, 0.3) is 0 Å². The van der Waals surface area contributed by atoms with Gasteiger partial charge in [0.05, 0.1) is 11.2 Å². The van der Waals surface area contributed by atoms with Crippen LogP contribution in [0, 0.1) is 0 Å². The zero-order valence-corrected chi connectivity index (χ0v) is 14.7. The van der Waals surface area contributed by atoms with E-state index in [4.69, 9.17) is 14.2 Å². The molecule has 0 aliphatic carbocycles. The van der Waals surface area contributed by atoms with Gasteiger partial charge in [-0.25, -0.2) is 4.98 Å². The summed E-state index contributed by atoms with van der Waals surface area (Å²) in [4.78, 5) is 6.72. The quantitative estimate of drug-likeness (QED) is 0.834. The van der Waals surface area contributed by atoms with Gasteiger partial charge in [-0.2, -0.15) is 0 Å². The number of ether oxygens (including phenoxy) is 3. The Morgan fingerprint density at radius 3 is 2.48 bits per heavy atom. The minimum absolute atomic E-state index is 0.336. The summed E-state index contributed by atoms with van der Waals surface area (Å²) < 4.78 is 18.0. The Balaban J connectivity index is 1.59. The van der Waals surface area contributed by atoms with E-state index < -0.39 is 0 Å². The van der Waals surface area contributed by atoms with E-state index in [9.17, 15) is 0 Å². The van der Waals surface area contributed by atoms with E-state index in [1.165, 1.54) is 25.9 Å². The van der Waals surface area contributed by atoms with Crippen LogP contribution in [-0.4, -0.2) is 47.3 Å². The molecule has 23 heavy (non-hydrogen) atoms. The molecular formula is C18H28N2O3. The molecular weight excluding hydrogens is 292 g/mol. The SMILES string of the molecule is CC1(C)OC(c2ccnc(OCCN3CCCC3)c2)OC1(C)C. The van der Waals surface area contributed by atoms with Gasteiger partial charge in [0, 0.05) is 24.4 Å². The fourth-order valence-electron chi connectivity index (χ4n) is 2.91. The largest absolute Gasteiger partial charge is 0.476 e. The van der Waals surface area contributed by atoms with E-state index in [-0.39, 0.29) is 17.5 Å². The number of hydrogen-bond acceptors (Lipinski definition) is 5. The fraction of sp³-hybridized carbons (Fsp3) is 0.722. The maximum absolute atomic E-state index is 6.08. The van der Waals surface area contributed by atoms with Crippen molar-refractivity contribution < 1.29 is 14.2 Å². The summed E-state index contributed by atoms with van der Waals surface area (Å²) in [5.41, 5.74) is 0.282. The molecule has 0 bridgehead atoms. The number of hydrogen-bond donors (Lipinski definition) is 0. The van der Waals surface area contributed by atoms with E-state index in [2.05, 4.69) is 37.6 Å². The first-order valence-electron chi connectivity index (χ1n) is 8.54. The van der Waals surface area contributed by atoms with Crippen molar-refractivity contribution in [2.75, 3.05) is 26.2 Å². The maximum Gasteiger partial charge on any atom is 0.213 e. The molecule has 2 saturated heterocycles. The smallest absolute Gasteiger partial charge is 0.213 e. The highest BCUT2D eigenvalue weighted by Crippen LogP contribution is 2.44. The molecule has 0 N–H and O–H groups in total. The van der Waals surface area contributed by atoms with Crippen LogP contribution in [-0.2, 0) is 9.47 Å². The highest BCUT2D eigenvalue weighted by atomic mass is 16.7. The third-order valence-electron chi connectivity index (χ3n) is 5.14. The molecule has 128 valence electrons. The molecule has 0 unspecified atom stereocenters. The van der Waals surface area contributed by atoms with E-state index in [0.29, 0.717) is 12.5 Å². The third kappa shape index (κ3) is 3.67. The lowest BCUT2D eigenvalue weighted by Gasteiger charge is -2.30. The Bertz CT molecular complexity index is 523. The second kappa shape index (κ2) is 6.38. The van der Waals surface area contributed by atoms with Gasteiger partial charge in [0.1, 0.15) is 6.61 Å². The van der Waals surface area contributed by atoms with E-state index in [1.54, 1.807) is 6.20 Å². The molecule has 3 rings (SSSR count). The molecule has 2 aliphatic rings. The lowest BCUT2D eigenvalue weighted by Crippen LogP contribution is -2.41. The molecule has 0 atom stereocenters. The van der Waals surface area contributed by atoms with Gasteiger partial charge in [-0.3, -0.25) is 4.90 Å². The van der Waals surface area contributed by atoms with E-state index in [1.807, 2.05) is 12.1 Å². The van der Waals surface area contributed by atoms with Crippen LogP contribution in [0.3, 0.4) is 0 Å². The molecule has 1 aromatic rings. The monoisotopic (exact) mass is 320 g/mol. The van der Waals surface area contributed by atoms with Crippen LogP contribution in [0.15, 0.2) is 18.3 Å². The van der Waals surface area contributed by atoms with Gasteiger partial charge in [0.25, 0.3) is 0 Å². The zero-order valence-electron chi connectivity index (χ0n) is 14.7. The molecule has 0 aromatic carbocycles. The van der Waals surface area contributed by atoms with Crippen LogP contribution < -0.4 is 4.74 Å². The second-order valence-electron chi connectivity index (χ2n) is 7.41. The van der Waals surface area contributed by atoms with E-state index >= 15 is 0 Å². The fourth-order valence-corrected chi connectivity index (χ4v) is 2.91. The molecule has 0 radical (unpaired) electrons. The molecule has 5 heteroatoms. The summed E-state index contributed by atoms with van der Waals surface area (Å²) >= 11 is 0. The molecule has 2 fully saturated rings. The van der Waals surface area contributed by atoms with Crippen LogP contribution in [0.4, 0.5) is 0 Å². The Morgan fingerprint density at radius 2 is 1.83 bits per heavy atom. The normalized spacial score (nSPS) is 24.2. The van der Waals surface area contributed by atoms with Gasteiger partial charge >= 0.3 is 0 Å². The van der Waals surface area contributed by atoms with Gasteiger partial charge in [-0.1, -0.05) is 0 Å². The van der Waals surface area contributed by atoms with Crippen molar-refractivity contribution in [2.45, 2.75) is 58.0 Å². The van der Waals surface area contributed by atoms with Gasteiger partial charge < -0.3 is 14.2 Å². The maximum atomic E-state index is 6.08. The second-order valence-corrected chi connectivity index (χ2v) is 7.41. The Hall–Kier alpha value is -1.17. The molecule has 3 heterocycles. The minimum Gasteiger partial charge on any atom is -0.476 e. The van der Waals surface area contributed by atoms with Crippen molar-refractivity contribution >= 4 is 0 Å². The third-order valence-corrected chi connectivity index (χ3v) is 5.14. The predicted octanol–water partition coefficient (Wildman–Crippen LogP) is 3.16. The molecule has 1 aromatic heterocycles. The lowest BCUT2D eigenvalue weighted by atomic mass is 9.90. The highest BCUT2D eigenvalue weighted by Gasteiger charge is 2.49. The van der Waals surface area contributed by atoms with Crippen LogP contribution >= 0.6 is 0 Å². The number of pyridine rings is 1. The Morgan fingerprint density at radius 1 is 1.17 bits per heavy atom. The standard InChI is InChI=1S/C18H28N2O3/c1-17(2)18(3,4)23-16(22-17)14-7-8-19-15(13-14)21-12-11-20-9-5-6-10-20/h7-8,13,16H,5-6,9-12H2,1-4H3. The van der Waals surface area contributed by atoms with Crippen molar-refractivity contribution in [3.05, 3.63) is 23.9 Å². The topological polar surface area (TPSA) is 43.8 Å². The number of rotatable bonds is 5. The van der Waals surface area contributed by atoms with Crippen molar-refractivity contribution in [3.63, 3.8) is 0 Å². The van der Waals surface area contributed by atoms with Crippen LogP contribution in [0.2, 0.25) is 0 Å². The summed E-state index contributed by atoms with van der Waals surface area (Å²) in [5.74, 6) is 0.636. The predicted molar refractivity (Wildman–Crippen MR) is 88.5 cm³/mol. The number of nitrogens with zero attached hydrogens (tertiary/aromatic N) is 2. The van der Waals surface area contributed by atoms with Gasteiger partial charge in [0.15, 0.2) is 6.29 Å². The number of likely N-dealkylation sites (tertiary alicyclic amines) is 1. The van der Waals surface area contributed by atoms with Crippen molar-refractivity contribution in [2.24, 2.45) is 0 Å². The first-order chi connectivity index (χ1) is 10.9. The van der Waals surface area contributed by atoms with Crippen molar-refractivity contribution in [1.29, 1.82) is 0 Å². The molecule has 0 spiro atoms. The minimum atomic E-state index is -0.371. The summed E-state index contributed by atoms with van der Waals surface area (Å²) in [5, 5.41) is 0.